The van der Waals surface area contributed by atoms with Crippen LogP contribution >= 0.6 is 0 Å². The van der Waals surface area contributed by atoms with Crippen molar-refractivity contribution in [1.82, 2.24) is 14.9 Å². The van der Waals surface area contributed by atoms with Crippen molar-refractivity contribution in [3.8, 4) is 0 Å². The van der Waals surface area contributed by atoms with Crippen LogP contribution in [0.15, 0.2) is 12.4 Å². The Kier molecular flexibility index (Phi) is 5.64. The SMILES string of the molecule is CC(C)c1cnc(C(F)(F)C2CCN(C(=O)OC(C)(C)C)CC2)nc1. The average molecular weight is 355 g/mol. The van der Waals surface area contributed by atoms with Crippen LogP contribution in [0.5, 0.6) is 0 Å². The van der Waals surface area contributed by atoms with Gasteiger partial charge in [0.1, 0.15) is 5.60 Å². The minimum atomic E-state index is -3.10. The number of hydrogen-bond acceptors (Lipinski definition) is 4. The lowest BCUT2D eigenvalue weighted by Crippen LogP contribution is -2.44. The summed E-state index contributed by atoms with van der Waals surface area (Å²) >= 11 is 0. The van der Waals surface area contributed by atoms with Crippen molar-refractivity contribution >= 4 is 6.09 Å². The molecule has 1 fully saturated rings. The van der Waals surface area contributed by atoms with Gasteiger partial charge in [-0.1, -0.05) is 13.8 Å². The maximum Gasteiger partial charge on any atom is 0.410 e. The van der Waals surface area contributed by atoms with Gasteiger partial charge in [0.2, 0.25) is 0 Å². The predicted octanol–water partition coefficient (Wildman–Crippen LogP) is 4.34. The number of carbonyl (C=O) groups is 1. The molecule has 2 heterocycles. The third-order valence-corrected chi connectivity index (χ3v) is 4.30. The molecule has 1 aliphatic rings. The molecule has 1 saturated heterocycles. The molecule has 0 spiro atoms. The van der Waals surface area contributed by atoms with E-state index in [1.165, 1.54) is 17.3 Å². The van der Waals surface area contributed by atoms with Gasteiger partial charge in [-0.25, -0.2) is 14.8 Å². The van der Waals surface area contributed by atoms with Crippen molar-refractivity contribution in [2.45, 2.75) is 64.9 Å². The minimum absolute atomic E-state index is 0.194. The van der Waals surface area contributed by atoms with Crippen molar-refractivity contribution in [1.29, 1.82) is 0 Å². The third-order valence-electron chi connectivity index (χ3n) is 4.30. The number of alkyl halides is 2. The van der Waals surface area contributed by atoms with E-state index in [1.54, 1.807) is 20.8 Å². The van der Waals surface area contributed by atoms with E-state index in [9.17, 15) is 13.6 Å². The van der Waals surface area contributed by atoms with Crippen molar-refractivity contribution in [3.05, 3.63) is 23.8 Å². The summed E-state index contributed by atoms with van der Waals surface area (Å²) in [6.07, 6.45) is 2.88. The zero-order chi connectivity index (χ0) is 18.8. The molecule has 0 unspecified atom stereocenters. The van der Waals surface area contributed by atoms with Gasteiger partial charge in [-0.2, -0.15) is 8.78 Å². The first kappa shape index (κ1) is 19.5. The molecular weight excluding hydrogens is 328 g/mol. The third kappa shape index (κ3) is 4.86. The van der Waals surface area contributed by atoms with Crippen molar-refractivity contribution in [3.63, 3.8) is 0 Å². The number of nitrogens with zero attached hydrogens (tertiary/aromatic N) is 3. The largest absolute Gasteiger partial charge is 0.444 e. The van der Waals surface area contributed by atoms with Gasteiger partial charge in [-0.15, -0.1) is 0 Å². The van der Waals surface area contributed by atoms with Gasteiger partial charge in [-0.05, 0) is 45.1 Å². The Bertz CT molecular complexity index is 589. The molecule has 0 atom stereocenters. The Morgan fingerprint density at radius 2 is 1.72 bits per heavy atom. The molecule has 0 aromatic carbocycles. The molecule has 5 nitrogen and oxygen atoms in total. The van der Waals surface area contributed by atoms with Crippen molar-refractivity contribution in [2.75, 3.05) is 13.1 Å². The van der Waals surface area contributed by atoms with Crippen LogP contribution in [0, 0.1) is 5.92 Å². The molecule has 0 saturated carbocycles. The Morgan fingerprint density at radius 3 is 2.16 bits per heavy atom. The first-order chi connectivity index (χ1) is 11.5. The van der Waals surface area contributed by atoms with Gasteiger partial charge in [0, 0.05) is 31.4 Å². The average Bonchev–Trinajstić information content (AvgIpc) is 2.53. The Labute approximate surface area is 147 Å². The number of piperidine rings is 1. The lowest BCUT2D eigenvalue weighted by molar-refractivity contribution is -0.0929. The minimum Gasteiger partial charge on any atom is -0.444 e. The van der Waals surface area contributed by atoms with Crippen LogP contribution in [0.25, 0.3) is 0 Å². The Hall–Kier alpha value is -1.79. The quantitative estimate of drug-likeness (QED) is 0.809. The molecule has 0 bridgehead atoms. The van der Waals surface area contributed by atoms with Crippen molar-refractivity contribution in [2.24, 2.45) is 5.92 Å². The second kappa shape index (κ2) is 7.22. The topological polar surface area (TPSA) is 55.3 Å². The van der Waals surface area contributed by atoms with Crippen LogP contribution in [0.4, 0.5) is 13.6 Å². The summed E-state index contributed by atoms with van der Waals surface area (Å²) < 4.78 is 34.7. The molecule has 2 rings (SSSR count). The molecule has 1 aliphatic heterocycles. The second-order valence-corrected chi connectivity index (χ2v) is 7.86. The predicted molar refractivity (Wildman–Crippen MR) is 90.5 cm³/mol. The monoisotopic (exact) mass is 355 g/mol. The summed E-state index contributed by atoms with van der Waals surface area (Å²) in [5, 5.41) is 0. The fourth-order valence-electron chi connectivity index (χ4n) is 2.74. The molecule has 1 aromatic rings. The van der Waals surface area contributed by atoms with Crippen LogP contribution in [0.2, 0.25) is 0 Å². The highest BCUT2D eigenvalue weighted by atomic mass is 19.3. The fraction of sp³-hybridized carbons (Fsp3) is 0.722. The summed E-state index contributed by atoms with van der Waals surface area (Å²) in [7, 11) is 0. The van der Waals surface area contributed by atoms with Crippen LogP contribution in [0.1, 0.15) is 64.8 Å². The molecule has 0 radical (unpaired) electrons. The molecule has 1 amide bonds. The first-order valence-electron chi connectivity index (χ1n) is 8.69. The van der Waals surface area contributed by atoms with Gasteiger partial charge < -0.3 is 9.64 Å². The number of carbonyl (C=O) groups excluding carboxylic acids is 1. The van der Waals surface area contributed by atoms with E-state index in [-0.39, 0.29) is 31.8 Å². The second-order valence-electron chi connectivity index (χ2n) is 7.86. The zero-order valence-electron chi connectivity index (χ0n) is 15.6. The number of likely N-dealkylation sites (tertiary alicyclic amines) is 1. The first-order valence-corrected chi connectivity index (χ1v) is 8.69. The Balaban J connectivity index is 2.00. The molecular formula is C18H27F2N3O2. The fourth-order valence-corrected chi connectivity index (χ4v) is 2.74. The van der Waals surface area contributed by atoms with Crippen LogP contribution < -0.4 is 0 Å². The number of amides is 1. The summed E-state index contributed by atoms with van der Waals surface area (Å²) in [4.78, 5) is 21.3. The number of rotatable bonds is 3. The van der Waals surface area contributed by atoms with Crippen molar-refractivity contribution < 1.29 is 18.3 Å². The molecule has 25 heavy (non-hydrogen) atoms. The van der Waals surface area contributed by atoms with E-state index >= 15 is 0 Å². The normalized spacial score (nSPS) is 17.0. The number of halogens is 2. The van der Waals surface area contributed by atoms with E-state index in [1.807, 2.05) is 13.8 Å². The van der Waals surface area contributed by atoms with Gasteiger partial charge >= 0.3 is 12.0 Å². The summed E-state index contributed by atoms with van der Waals surface area (Å²) in [6.45, 7) is 9.77. The maximum absolute atomic E-state index is 14.7. The molecule has 1 aromatic heterocycles. The number of aromatic nitrogens is 2. The summed E-state index contributed by atoms with van der Waals surface area (Å²) in [5.41, 5.74) is 0.239. The highest BCUT2D eigenvalue weighted by molar-refractivity contribution is 5.68. The summed E-state index contributed by atoms with van der Waals surface area (Å²) in [6, 6.07) is 0. The van der Waals surface area contributed by atoms with E-state index in [0.29, 0.717) is 0 Å². The van der Waals surface area contributed by atoms with E-state index in [4.69, 9.17) is 4.74 Å². The van der Waals surface area contributed by atoms with E-state index in [0.717, 1.165) is 5.56 Å². The van der Waals surface area contributed by atoms with Gasteiger partial charge in [-0.3, -0.25) is 0 Å². The molecule has 0 N–H and O–H groups in total. The standard InChI is InChI=1S/C18H27F2N3O2/c1-12(2)13-10-21-15(22-11-13)18(19,20)14-6-8-23(9-7-14)16(24)25-17(3,4)5/h10-12,14H,6-9H2,1-5H3. The molecule has 0 aliphatic carbocycles. The van der Waals surface area contributed by atoms with Gasteiger partial charge in [0.05, 0.1) is 0 Å². The van der Waals surface area contributed by atoms with Gasteiger partial charge in [0.25, 0.3) is 0 Å². The summed E-state index contributed by atoms with van der Waals surface area (Å²) in [5.74, 6) is -4.22. The number of ether oxygens (including phenoxy) is 1. The Morgan fingerprint density at radius 1 is 1.20 bits per heavy atom. The van der Waals surface area contributed by atoms with Gasteiger partial charge in [0.15, 0.2) is 5.82 Å². The van der Waals surface area contributed by atoms with Crippen LogP contribution in [0.3, 0.4) is 0 Å². The molecule has 7 heteroatoms. The lowest BCUT2D eigenvalue weighted by atomic mass is 9.90. The zero-order valence-corrected chi connectivity index (χ0v) is 15.6. The van der Waals surface area contributed by atoms with Crippen LogP contribution in [-0.4, -0.2) is 39.7 Å². The van der Waals surface area contributed by atoms with Crippen LogP contribution in [-0.2, 0) is 10.7 Å². The highest BCUT2D eigenvalue weighted by Crippen LogP contribution is 2.40. The molecule has 140 valence electrons. The lowest BCUT2D eigenvalue weighted by Gasteiger charge is -2.35. The highest BCUT2D eigenvalue weighted by Gasteiger charge is 2.46. The van der Waals surface area contributed by atoms with E-state index in [2.05, 4.69) is 9.97 Å². The number of hydrogen-bond donors (Lipinski definition) is 0. The van der Waals surface area contributed by atoms with E-state index < -0.39 is 29.4 Å². The smallest absolute Gasteiger partial charge is 0.410 e. The maximum atomic E-state index is 14.7.